The molecule has 2 aliphatic heterocycles. The van der Waals surface area contributed by atoms with Crippen LogP contribution in [0, 0.1) is 17.2 Å². The molecule has 2 atom stereocenters. The van der Waals surface area contributed by atoms with Gasteiger partial charge in [-0.25, -0.2) is 4.39 Å². The molecule has 1 aromatic rings. The maximum Gasteiger partial charge on any atom is 0.219 e. The summed E-state index contributed by atoms with van der Waals surface area (Å²) in [4.78, 5) is 15.6. The highest BCUT2D eigenvalue weighted by atomic mass is 35.5. The number of carbonyl (C=O) groups excluding carboxylic acids is 1. The van der Waals surface area contributed by atoms with E-state index in [1.165, 1.54) is 6.07 Å². The molecule has 0 spiro atoms. The van der Waals surface area contributed by atoms with E-state index in [9.17, 15) is 14.3 Å². The molecule has 1 amide bonds. The molecule has 126 valence electrons. The lowest BCUT2D eigenvalue weighted by molar-refractivity contribution is -0.128. The maximum absolute atomic E-state index is 14.0. The largest absolute Gasteiger partial charge is 0.396 e. The Hall–Kier alpha value is -1.17. The second-order valence-corrected chi connectivity index (χ2v) is 7.22. The van der Waals surface area contributed by atoms with Crippen LogP contribution in [0.15, 0.2) is 18.2 Å². The minimum Gasteiger partial charge on any atom is -0.396 e. The summed E-state index contributed by atoms with van der Waals surface area (Å²) in [6.45, 7) is 4.81. The van der Waals surface area contributed by atoms with Gasteiger partial charge < -0.3 is 10.0 Å². The summed E-state index contributed by atoms with van der Waals surface area (Å²) in [7, 11) is 0. The summed E-state index contributed by atoms with van der Waals surface area (Å²) < 4.78 is 14.0. The zero-order chi connectivity index (χ0) is 16.6. The van der Waals surface area contributed by atoms with E-state index in [4.69, 9.17) is 11.6 Å². The van der Waals surface area contributed by atoms with Crippen LogP contribution in [0.4, 0.5) is 4.39 Å². The molecule has 2 saturated heterocycles. The molecular weight excluding hydrogens is 319 g/mol. The van der Waals surface area contributed by atoms with E-state index in [2.05, 4.69) is 4.90 Å². The third kappa shape index (κ3) is 3.10. The number of piperidine rings is 1. The third-order valence-corrected chi connectivity index (χ3v) is 5.70. The van der Waals surface area contributed by atoms with Crippen LogP contribution < -0.4 is 0 Å². The summed E-state index contributed by atoms with van der Waals surface area (Å²) in [6.07, 6.45) is 0.899. The zero-order valence-corrected chi connectivity index (χ0v) is 14.0. The fourth-order valence-corrected chi connectivity index (χ4v) is 4.21. The highest BCUT2D eigenvalue weighted by Crippen LogP contribution is 2.42. The lowest BCUT2D eigenvalue weighted by atomic mass is 9.74. The van der Waals surface area contributed by atoms with Crippen LogP contribution in [-0.4, -0.2) is 53.6 Å². The molecule has 2 heterocycles. The molecule has 23 heavy (non-hydrogen) atoms. The maximum atomic E-state index is 14.0. The number of nitrogens with zero attached hydrogens (tertiary/aromatic N) is 2. The molecule has 0 bridgehead atoms. The number of rotatable bonds is 3. The van der Waals surface area contributed by atoms with E-state index in [0.717, 1.165) is 13.0 Å². The molecule has 2 fully saturated rings. The van der Waals surface area contributed by atoms with Crippen LogP contribution in [0.5, 0.6) is 0 Å². The van der Waals surface area contributed by atoms with Crippen molar-refractivity contribution in [3.05, 3.63) is 34.6 Å². The van der Waals surface area contributed by atoms with Gasteiger partial charge in [0.2, 0.25) is 5.91 Å². The van der Waals surface area contributed by atoms with Gasteiger partial charge in [0.05, 0.1) is 6.61 Å². The number of hydrogen-bond donors (Lipinski definition) is 1. The molecule has 2 unspecified atom stereocenters. The number of halogens is 2. The molecule has 0 aliphatic carbocycles. The van der Waals surface area contributed by atoms with E-state index in [-0.39, 0.29) is 23.7 Å². The quantitative estimate of drug-likeness (QED) is 0.917. The van der Waals surface area contributed by atoms with Gasteiger partial charge in [0.1, 0.15) is 5.82 Å². The minimum absolute atomic E-state index is 0.0446. The molecule has 0 radical (unpaired) electrons. The van der Waals surface area contributed by atoms with Crippen LogP contribution in [0.25, 0.3) is 0 Å². The van der Waals surface area contributed by atoms with Gasteiger partial charge in [-0.05, 0) is 31.0 Å². The Kier molecular flexibility index (Phi) is 4.63. The molecule has 0 aromatic heterocycles. The van der Waals surface area contributed by atoms with Crippen molar-refractivity contribution < 1.29 is 14.3 Å². The van der Waals surface area contributed by atoms with E-state index in [0.29, 0.717) is 42.7 Å². The lowest BCUT2D eigenvalue weighted by Crippen LogP contribution is -2.50. The first-order valence-electron chi connectivity index (χ1n) is 7.97. The Morgan fingerprint density at radius 3 is 2.91 bits per heavy atom. The van der Waals surface area contributed by atoms with E-state index in [1.807, 2.05) is 4.90 Å². The van der Waals surface area contributed by atoms with Crippen molar-refractivity contribution in [3.8, 4) is 0 Å². The van der Waals surface area contributed by atoms with Crippen molar-refractivity contribution in [3.63, 3.8) is 0 Å². The predicted octanol–water partition coefficient (Wildman–Crippen LogP) is 2.14. The Morgan fingerprint density at radius 1 is 1.48 bits per heavy atom. The Morgan fingerprint density at radius 2 is 2.26 bits per heavy atom. The third-order valence-electron chi connectivity index (χ3n) is 5.35. The van der Waals surface area contributed by atoms with Gasteiger partial charge in [-0.2, -0.15) is 0 Å². The van der Waals surface area contributed by atoms with Gasteiger partial charge >= 0.3 is 0 Å². The number of likely N-dealkylation sites (tertiary alicyclic amines) is 2. The standard InChI is InChI=1S/C17H22ClFN2O2/c1-12(23)21-7-13-5-6-20(9-17(13,10-21)11-22)8-14-15(18)3-2-4-16(14)19/h2-4,13,22H,5-11H2,1H3. The van der Waals surface area contributed by atoms with Crippen LogP contribution in [0.1, 0.15) is 18.9 Å². The number of fused-ring (bicyclic) bond motifs is 1. The van der Waals surface area contributed by atoms with Crippen LogP contribution in [-0.2, 0) is 11.3 Å². The minimum atomic E-state index is -0.304. The molecule has 0 saturated carbocycles. The summed E-state index contributed by atoms with van der Waals surface area (Å²) in [5, 5.41) is 10.4. The SMILES string of the molecule is CC(=O)N1CC2CCN(Cc3c(F)cccc3Cl)CC2(CO)C1. The van der Waals surface area contributed by atoms with Gasteiger partial charge in [-0.15, -0.1) is 0 Å². The van der Waals surface area contributed by atoms with E-state index in [1.54, 1.807) is 19.1 Å². The summed E-state index contributed by atoms with van der Waals surface area (Å²) in [5.74, 6) is 0.0640. The normalized spacial score (nSPS) is 28.0. The van der Waals surface area contributed by atoms with E-state index < -0.39 is 0 Å². The molecule has 6 heteroatoms. The fraction of sp³-hybridized carbons (Fsp3) is 0.588. The predicted molar refractivity (Wildman–Crippen MR) is 86.6 cm³/mol. The molecule has 2 aliphatic rings. The number of aliphatic hydroxyl groups excluding tert-OH is 1. The van der Waals surface area contributed by atoms with Crippen molar-refractivity contribution >= 4 is 17.5 Å². The van der Waals surface area contributed by atoms with Gasteiger partial charge in [0, 0.05) is 49.1 Å². The molecule has 4 nitrogen and oxygen atoms in total. The number of carbonyl (C=O) groups is 1. The molecule has 3 rings (SSSR count). The van der Waals surface area contributed by atoms with Gasteiger partial charge in [-0.3, -0.25) is 9.69 Å². The Labute approximate surface area is 140 Å². The number of amides is 1. The summed E-state index contributed by atoms with van der Waals surface area (Å²) in [5.41, 5.74) is 0.198. The lowest BCUT2D eigenvalue weighted by Gasteiger charge is -2.43. The molecular formula is C17H22ClFN2O2. The molecule has 1 aromatic carbocycles. The zero-order valence-electron chi connectivity index (χ0n) is 13.3. The van der Waals surface area contributed by atoms with Crippen molar-refractivity contribution in [1.29, 1.82) is 0 Å². The van der Waals surface area contributed by atoms with Crippen LogP contribution in [0.2, 0.25) is 5.02 Å². The Balaban J connectivity index is 1.76. The summed E-state index contributed by atoms with van der Waals surface area (Å²) >= 11 is 6.12. The molecule has 1 N–H and O–H groups in total. The van der Waals surface area contributed by atoms with Gasteiger partial charge in [-0.1, -0.05) is 17.7 Å². The van der Waals surface area contributed by atoms with Gasteiger partial charge in [0.15, 0.2) is 0 Å². The van der Waals surface area contributed by atoms with E-state index >= 15 is 0 Å². The average Bonchev–Trinajstić information content (AvgIpc) is 2.91. The first-order valence-corrected chi connectivity index (χ1v) is 8.34. The van der Waals surface area contributed by atoms with Crippen molar-refractivity contribution in [2.24, 2.45) is 11.3 Å². The second-order valence-electron chi connectivity index (χ2n) is 6.82. The highest BCUT2D eigenvalue weighted by molar-refractivity contribution is 6.31. The highest BCUT2D eigenvalue weighted by Gasteiger charge is 2.50. The monoisotopic (exact) mass is 340 g/mol. The van der Waals surface area contributed by atoms with Crippen molar-refractivity contribution in [2.45, 2.75) is 19.9 Å². The fourth-order valence-electron chi connectivity index (χ4n) is 3.98. The van der Waals surface area contributed by atoms with Crippen molar-refractivity contribution in [1.82, 2.24) is 9.80 Å². The second kappa shape index (κ2) is 6.38. The smallest absolute Gasteiger partial charge is 0.219 e. The van der Waals surface area contributed by atoms with Crippen molar-refractivity contribution in [2.75, 3.05) is 32.8 Å². The van der Waals surface area contributed by atoms with Crippen LogP contribution >= 0.6 is 11.6 Å². The number of hydrogen-bond acceptors (Lipinski definition) is 3. The first kappa shape index (κ1) is 16.7. The Bertz CT molecular complexity index is 592. The average molecular weight is 341 g/mol. The number of aliphatic hydroxyl groups is 1. The van der Waals surface area contributed by atoms with Gasteiger partial charge in [0.25, 0.3) is 0 Å². The first-order chi connectivity index (χ1) is 10.9. The number of benzene rings is 1. The summed E-state index contributed by atoms with van der Waals surface area (Å²) in [6, 6.07) is 4.72. The topological polar surface area (TPSA) is 43.8 Å². The van der Waals surface area contributed by atoms with Crippen LogP contribution in [0.3, 0.4) is 0 Å².